The summed E-state index contributed by atoms with van der Waals surface area (Å²) in [5.74, 6) is 0. The molecule has 0 aliphatic carbocycles. The van der Waals surface area contributed by atoms with Crippen LogP contribution >= 0.6 is 0 Å². The van der Waals surface area contributed by atoms with Gasteiger partial charge in [0.2, 0.25) is 0 Å². The van der Waals surface area contributed by atoms with Crippen molar-refractivity contribution in [3.63, 3.8) is 0 Å². The van der Waals surface area contributed by atoms with E-state index in [9.17, 15) is 4.79 Å². The Morgan fingerprint density at radius 2 is 2.22 bits per heavy atom. The van der Waals surface area contributed by atoms with E-state index in [1.807, 2.05) is 6.07 Å². The summed E-state index contributed by atoms with van der Waals surface area (Å²) in [4.78, 5) is 13.6. The average Bonchev–Trinajstić information content (AvgIpc) is 2.40. The number of piperidine rings is 1. The van der Waals surface area contributed by atoms with Crippen LogP contribution in [0.25, 0.3) is 0 Å². The van der Waals surface area contributed by atoms with Gasteiger partial charge in [0.05, 0.1) is 7.11 Å². The molecular formula is C14H20N2O2. The molecule has 1 atom stereocenters. The Balaban J connectivity index is 1.85. The van der Waals surface area contributed by atoms with Crippen LogP contribution in [0.1, 0.15) is 18.4 Å². The van der Waals surface area contributed by atoms with E-state index in [2.05, 4.69) is 39.2 Å². The minimum absolute atomic E-state index is 0.204. The zero-order valence-corrected chi connectivity index (χ0v) is 10.8. The maximum absolute atomic E-state index is 11.2. The highest BCUT2D eigenvalue weighted by Gasteiger charge is 2.21. The Kier molecular flexibility index (Phi) is 4.59. The summed E-state index contributed by atoms with van der Waals surface area (Å²) in [7, 11) is 1.40. The van der Waals surface area contributed by atoms with Crippen molar-refractivity contribution < 1.29 is 9.53 Å². The number of alkyl carbamates (subject to hydrolysis) is 1. The summed E-state index contributed by atoms with van der Waals surface area (Å²) < 4.78 is 4.64. The van der Waals surface area contributed by atoms with Gasteiger partial charge in [-0.25, -0.2) is 4.79 Å². The van der Waals surface area contributed by atoms with Gasteiger partial charge in [-0.05, 0) is 24.9 Å². The van der Waals surface area contributed by atoms with E-state index in [0.717, 1.165) is 32.5 Å². The van der Waals surface area contributed by atoms with Gasteiger partial charge >= 0.3 is 6.09 Å². The van der Waals surface area contributed by atoms with Gasteiger partial charge in [-0.1, -0.05) is 30.3 Å². The number of hydrogen-bond acceptors (Lipinski definition) is 3. The van der Waals surface area contributed by atoms with E-state index in [1.54, 1.807) is 0 Å². The van der Waals surface area contributed by atoms with Gasteiger partial charge < -0.3 is 10.1 Å². The van der Waals surface area contributed by atoms with Crippen molar-refractivity contribution in [2.75, 3.05) is 20.2 Å². The average molecular weight is 248 g/mol. The molecule has 1 fully saturated rings. The number of benzene rings is 1. The van der Waals surface area contributed by atoms with Crippen LogP contribution in [0.15, 0.2) is 30.3 Å². The van der Waals surface area contributed by atoms with Crippen LogP contribution in [0, 0.1) is 0 Å². The summed E-state index contributed by atoms with van der Waals surface area (Å²) in [6, 6.07) is 10.6. The fourth-order valence-corrected chi connectivity index (χ4v) is 2.38. The largest absolute Gasteiger partial charge is 0.453 e. The summed E-state index contributed by atoms with van der Waals surface area (Å²) in [5.41, 5.74) is 1.32. The highest BCUT2D eigenvalue weighted by Crippen LogP contribution is 2.13. The van der Waals surface area contributed by atoms with Crippen LogP contribution in [0.5, 0.6) is 0 Å². The lowest BCUT2D eigenvalue weighted by molar-refractivity contribution is 0.145. The number of ether oxygens (including phenoxy) is 1. The molecule has 98 valence electrons. The first kappa shape index (κ1) is 12.9. The number of nitrogens with zero attached hydrogens (tertiary/aromatic N) is 1. The van der Waals surface area contributed by atoms with Gasteiger partial charge in [-0.3, -0.25) is 4.90 Å². The summed E-state index contributed by atoms with van der Waals surface area (Å²) in [6.45, 7) is 2.93. The lowest BCUT2D eigenvalue weighted by atomic mass is 10.0. The Labute approximate surface area is 108 Å². The minimum Gasteiger partial charge on any atom is -0.453 e. The van der Waals surface area contributed by atoms with E-state index >= 15 is 0 Å². The summed E-state index contributed by atoms with van der Waals surface area (Å²) in [5, 5.41) is 2.88. The number of nitrogens with one attached hydrogen (secondary N) is 1. The molecule has 1 aromatic rings. The topological polar surface area (TPSA) is 41.6 Å². The van der Waals surface area contributed by atoms with Gasteiger partial charge in [-0.2, -0.15) is 0 Å². The van der Waals surface area contributed by atoms with E-state index in [-0.39, 0.29) is 12.1 Å². The molecule has 4 heteroatoms. The Morgan fingerprint density at radius 1 is 1.44 bits per heavy atom. The molecule has 0 aromatic heterocycles. The number of methoxy groups -OCH3 is 1. The fraction of sp³-hybridized carbons (Fsp3) is 0.500. The SMILES string of the molecule is COC(=O)NC1CCCN(Cc2ccccc2)C1. The molecule has 1 unspecified atom stereocenters. The van der Waals surface area contributed by atoms with Crippen molar-refractivity contribution in [3.8, 4) is 0 Å². The molecule has 1 amide bonds. The van der Waals surface area contributed by atoms with Gasteiger partial charge in [0.1, 0.15) is 0 Å². The Bertz CT molecular complexity index is 381. The summed E-state index contributed by atoms with van der Waals surface area (Å²) >= 11 is 0. The highest BCUT2D eigenvalue weighted by molar-refractivity contribution is 5.67. The van der Waals surface area contributed by atoms with E-state index < -0.39 is 0 Å². The molecule has 1 N–H and O–H groups in total. The third kappa shape index (κ3) is 3.74. The van der Waals surface area contributed by atoms with Crippen LogP contribution in [0.4, 0.5) is 4.79 Å². The molecule has 0 saturated carbocycles. The number of likely N-dealkylation sites (tertiary alicyclic amines) is 1. The van der Waals surface area contributed by atoms with Crippen molar-refractivity contribution in [2.45, 2.75) is 25.4 Å². The third-order valence-corrected chi connectivity index (χ3v) is 3.26. The molecule has 1 aliphatic heterocycles. The van der Waals surface area contributed by atoms with E-state index in [4.69, 9.17) is 0 Å². The van der Waals surface area contributed by atoms with Crippen molar-refractivity contribution in [1.29, 1.82) is 0 Å². The molecule has 1 aliphatic rings. The maximum Gasteiger partial charge on any atom is 0.407 e. The zero-order chi connectivity index (χ0) is 12.8. The molecule has 2 rings (SSSR count). The van der Waals surface area contributed by atoms with Crippen LogP contribution in [0.2, 0.25) is 0 Å². The van der Waals surface area contributed by atoms with Crippen molar-refractivity contribution in [1.82, 2.24) is 10.2 Å². The number of hydrogen-bond donors (Lipinski definition) is 1. The molecule has 4 nitrogen and oxygen atoms in total. The molecule has 18 heavy (non-hydrogen) atoms. The van der Waals surface area contributed by atoms with E-state index in [1.165, 1.54) is 12.7 Å². The lowest BCUT2D eigenvalue weighted by Crippen LogP contribution is -2.47. The molecule has 0 spiro atoms. The lowest BCUT2D eigenvalue weighted by Gasteiger charge is -2.32. The summed E-state index contributed by atoms with van der Waals surface area (Å²) in [6.07, 6.45) is 1.81. The second-order valence-corrected chi connectivity index (χ2v) is 4.70. The number of amides is 1. The predicted octanol–water partition coefficient (Wildman–Crippen LogP) is 2.01. The van der Waals surface area contributed by atoms with Gasteiger partial charge in [0.15, 0.2) is 0 Å². The maximum atomic E-state index is 11.2. The Morgan fingerprint density at radius 3 is 2.94 bits per heavy atom. The van der Waals surface area contributed by atoms with Gasteiger partial charge in [0, 0.05) is 19.1 Å². The minimum atomic E-state index is -0.332. The highest BCUT2D eigenvalue weighted by atomic mass is 16.5. The monoisotopic (exact) mass is 248 g/mol. The van der Waals surface area contributed by atoms with Crippen molar-refractivity contribution in [3.05, 3.63) is 35.9 Å². The van der Waals surface area contributed by atoms with Crippen LogP contribution < -0.4 is 5.32 Å². The number of carbonyl (C=O) groups excluding carboxylic acids is 1. The zero-order valence-electron chi connectivity index (χ0n) is 10.8. The molecule has 1 aromatic carbocycles. The van der Waals surface area contributed by atoms with Gasteiger partial charge in [0.25, 0.3) is 0 Å². The molecular weight excluding hydrogens is 228 g/mol. The first-order chi connectivity index (χ1) is 8.78. The second-order valence-electron chi connectivity index (χ2n) is 4.70. The fourth-order valence-electron chi connectivity index (χ4n) is 2.38. The first-order valence-corrected chi connectivity index (χ1v) is 6.38. The Hall–Kier alpha value is -1.55. The molecule has 1 saturated heterocycles. The first-order valence-electron chi connectivity index (χ1n) is 6.38. The third-order valence-electron chi connectivity index (χ3n) is 3.26. The van der Waals surface area contributed by atoms with Crippen LogP contribution in [-0.4, -0.2) is 37.2 Å². The quantitative estimate of drug-likeness (QED) is 0.889. The molecule has 0 bridgehead atoms. The number of carbonyl (C=O) groups is 1. The normalized spacial score (nSPS) is 20.4. The van der Waals surface area contributed by atoms with Crippen LogP contribution in [0.3, 0.4) is 0 Å². The predicted molar refractivity (Wildman–Crippen MR) is 70.3 cm³/mol. The molecule has 1 heterocycles. The van der Waals surface area contributed by atoms with Crippen molar-refractivity contribution >= 4 is 6.09 Å². The standard InChI is InChI=1S/C14H20N2O2/c1-18-14(17)15-13-8-5-9-16(11-13)10-12-6-3-2-4-7-12/h2-4,6-7,13H,5,8-11H2,1H3,(H,15,17). The molecule has 0 radical (unpaired) electrons. The van der Waals surface area contributed by atoms with Gasteiger partial charge in [-0.15, -0.1) is 0 Å². The number of rotatable bonds is 3. The van der Waals surface area contributed by atoms with Crippen molar-refractivity contribution in [2.24, 2.45) is 0 Å². The van der Waals surface area contributed by atoms with Crippen LogP contribution in [-0.2, 0) is 11.3 Å². The second kappa shape index (κ2) is 6.40. The van der Waals surface area contributed by atoms with E-state index in [0.29, 0.717) is 0 Å². The smallest absolute Gasteiger partial charge is 0.407 e.